The van der Waals surface area contributed by atoms with Gasteiger partial charge >= 0.3 is 0 Å². The third-order valence-electron chi connectivity index (χ3n) is 14.2. The molecule has 13 atom stereocenters. The topological polar surface area (TPSA) is 47.9 Å². The molecule has 2 heterocycles. The van der Waals surface area contributed by atoms with Crippen molar-refractivity contribution in [3.8, 4) is 0 Å². The van der Waals surface area contributed by atoms with Gasteiger partial charge in [0.05, 0.1) is 12.2 Å². The van der Waals surface area contributed by atoms with Crippen LogP contribution in [0.25, 0.3) is 0 Å². The molecular formula is C31H48O4. The number of hydrogen-bond donors (Lipinski definition) is 1. The van der Waals surface area contributed by atoms with Crippen LogP contribution in [0.4, 0.5) is 0 Å². The summed E-state index contributed by atoms with van der Waals surface area (Å²) in [6.45, 7) is 18.7. The van der Waals surface area contributed by atoms with E-state index in [0.29, 0.717) is 34.5 Å². The highest BCUT2D eigenvalue weighted by Crippen LogP contribution is 2.90. The molecule has 35 heavy (non-hydrogen) atoms. The molecule has 0 amide bonds. The maximum atomic E-state index is 11.0. The van der Waals surface area contributed by atoms with Crippen LogP contribution in [0.5, 0.6) is 0 Å². The van der Waals surface area contributed by atoms with Gasteiger partial charge in [-0.15, -0.1) is 0 Å². The van der Waals surface area contributed by atoms with Gasteiger partial charge in [-0.05, 0) is 103 Å². The van der Waals surface area contributed by atoms with Crippen molar-refractivity contribution < 1.29 is 19.3 Å². The van der Waals surface area contributed by atoms with E-state index in [4.69, 9.17) is 14.2 Å². The van der Waals surface area contributed by atoms with Gasteiger partial charge in [0.2, 0.25) is 0 Å². The number of methoxy groups -OCH3 is 1. The molecule has 2 aliphatic heterocycles. The first-order valence-corrected chi connectivity index (χ1v) is 14.6. The third-order valence-corrected chi connectivity index (χ3v) is 14.2. The fraction of sp³-hybridized carbons (Fsp3) is 0.935. The zero-order chi connectivity index (χ0) is 25.0. The van der Waals surface area contributed by atoms with Gasteiger partial charge in [0.25, 0.3) is 0 Å². The number of aliphatic hydroxyl groups is 1. The lowest BCUT2D eigenvalue weighted by molar-refractivity contribution is -0.282. The van der Waals surface area contributed by atoms with Crippen molar-refractivity contribution in [2.75, 3.05) is 7.11 Å². The normalized spacial score (nSPS) is 63.3. The number of ether oxygens (including phenoxy) is 3. The van der Waals surface area contributed by atoms with Crippen molar-refractivity contribution >= 4 is 0 Å². The van der Waals surface area contributed by atoms with E-state index >= 15 is 0 Å². The fourth-order valence-electron chi connectivity index (χ4n) is 12.9. The van der Waals surface area contributed by atoms with Gasteiger partial charge in [-0.25, -0.2) is 0 Å². The van der Waals surface area contributed by atoms with Crippen molar-refractivity contribution in [1.82, 2.24) is 0 Å². The lowest BCUT2D eigenvalue weighted by Gasteiger charge is -2.63. The number of rotatable bonds is 2. The van der Waals surface area contributed by atoms with Crippen LogP contribution in [0, 0.1) is 50.7 Å². The first-order valence-electron chi connectivity index (χ1n) is 14.6. The Labute approximate surface area is 212 Å². The second-order valence-corrected chi connectivity index (χ2v) is 15.3. The predicted octanol–water partition coefficient (Wildman–Crippen LogP) is 6.12. The molecule has 4 heteroatoms. The van der Waals surface area contributed by atoms with Crippen LogP contribution in [0.15, 0.2) is 12.2 Å². The highest BCUT2D eigenvalue weighted by atomic mass is 16.8. The molecule has 7 fully saturated rings. The Kier molecular flexibility index (Phi) is 4.45. The van der Waals surface area contributed by atoms with Crippen molar-refractivity contribution in [1.29, 1.82) is 0 Å². The monoisotopic (exact) mass is 484 g/mol. The highest BCUT2D eigenvalue weighted by molar-refractivity contribution is 5.34. The van der Waals surface area contributed by atoms with E-state index in [0.717, 1.165) is 18.4 Å². The summed E-state index contributed by atoms with van der Waals surface area (Å²) in [5, 5.41) is 11.0. The average molecular weight is 485 g/mol. The van der Waals surface area contributed by atoms with Gasteiger partial charge in [-0.1, -0.05) is 41.2 Å². The van der Waals surface area contributed by atoms with E-state index in [1.54, 1.807) is 0 Å². The van der Waals surface area contributed by atoms with E-state index in [1.165, 1.54) is 38.5 Å². The number of aliphatic hydroxyl groups excluding tert-OH is 1. The zero-order valence-electron chi connectivity index (χ0n) is 23.2. The molecule has 1 N–H and O–H groups in total. The Morgan fingerprint density at radius 1 is 0.971 bits per heavy atom. The van der Waals surface area contributed by atoms with Gasteiger partial charge in [-0.3, -0.25) is 0 Å². The van der Waals surface area contributed by atoms with Gasteiger partial charge in [0, 0.05) is 18.4 Å². The Balaban J connectivity index is 1.35. The summed E-state index contributed by atoms with van der Waals surface area (Å²) >= 11 is 0. The lowest BCUT2D eigenvalue weighted by atomic mass is 9.41. The van der Waals surface area contributed by atoms with Crippen molar-refractivity contribution in [3.05, 3.63) is 12.2 Å². The molecule has 0 unspecified atom stereocenters. The van der Waals surface area contributed by atoms with Crippen molar-refractivity contribution in [2.45, 2.75) is 123 Å². The molecule has 0 aromatic carbocycles. The van der Waals surface area contributed by atoms with Crippen LogP contribution < -0.4 is 0 Å². The van der Waals surface area contributed by atoms with E-state index in [-0.39, 0.29) is 40.7 Å². The summed E-state index contributed by atoms with van der Waals surface area (Å²) in [6.07, 6.45) is 9.51. The summed E-state index contributed by atoms with van der Waals surface area (Å²) in [5.74, 6) is 1.50. The van der Waals surface area contributed by atoms with Crippen LogP contribution in [0.1, 0.15) is 92.9 Å². The van der Waals surface area contributed by atoms with E-state index < -0.39 is 5.79 Å². The minimum atomic E-state index is -0.656. The molecule has 0 radical (unpaired) electrons. The first kappa shape index (κ1) is 23.7. The average Bonchev–Trinajstić information content (AvgIpc) is 3.29. The first-order chi connectivity index (χ1) is 16.4. The Hall–Kier alpha value is -0.420. The predicted molar refractivity (Wildman–Crippen MR) is 136 cm³/mol. The maximum absolute atomic E-state index is 11.0. The molecule has 0 aromatic rings. The summed E-state index contributed by atoms with van der Waals surface area (Å²) in [7, 11) is 1.91. The third kappa shape index (κ3) is 2.27. The Bertz CT molecular complexity index is 975. The highest BCUT2D eigenvalue weighted by Gasteiger charge is 2.88. The number of hydrogen-bond acceptors (Lipinski definition) is 4. The van der Waals surface area contributed by atoms with Gasteiger partial charge in [0.1, 0.15) is 12.2 Å². The molecule has 196 valence electrons. The van der Waals surface area contributed by atoms with Gasteiger partial charge in [-0.2, -0.15) is 0 Å². The summed E-state index contributed by atoms with van der Waals surface area (Å²) in [6, 6.07) is 0. The molecule has 5 aliphatic carbocycles. The van der Waals surface area contributed by atoms with Gasteiger partial charge < -0.3 is 19.3 Å². The van der Waals surface area contributed by atoms with Crippen LogP contribution in [-0.4, -0.2) is 42.4 Å². The molecule has 2 saturated heterocycles. The quantitative estimate of drug-likeness (QED) is 0.480. The SMILES string of the molecule is C=C(C)[C@H]1O[C@@]23O[C@@H]1C[C@@H](C)[C@@H]2[C@@]1(C)CC[C@@]24C[C@@]25CC[C@H](O)C(C)(C)[C@H]5CC[C@H]4[C@]1(C)[C@H]3OC. The molecule has 7 aliphatic rings. The number of fused-ring (bicyclic) bond motifs is 4. The second-order valence-electron chi connectivity index (χ2n) is 15.3. The van der Waals surface area contributed by atoms with Gasteiger partial charge in [0.15, 0.2) is 5.79 Å². The van der Waals surface area contributed by atoms with Crippen molar-refractivity contribution in [3.63, 3.8) is 0 Å². The molecule has 7 rings (SSSR count). The largest absolute Gasteiger partial charge is 0.393 e. The van der Waals surface area contributed by atoms with Crippen LogP contribution >= 0.6 is 0 Å². The minimum absolute atomic E-state index is 0.00641. The Morgan fingerprint density at radius 3 is 2.34 bits per heavy atom. The molecule has 3 spiro atoms. The van der Waals surface area contributed by atoms with Crippen LogP contribution in [0.3, 0.4) is 0 Å². The molecular weight excluding hydrogens is 436 g/mol. The maximum Gasteiger partial charge on any atom is 0.200 e. The Morgan fingerprint density at radius 2 is 1.66 bits per heavy atom. The van der Waals surface area contributed by atoms with Crippen molar-refractivity contribution in [2.24, 2.45) is 50.7 Å². The minimum Gasteiger partial charge on any atom is -0.393 e. The molecule has 0 aromatic heterocycles. The lowest BCUT2D eigenvalue weighted by Crippen LogP contribution is -2.60. The zero-order valence-corrected chi connectivity index (χ0v) is 23.2. The van der Waals surface area contributed by atoms with E-state index in [9.17, 15) is 5.11 Å². The van der Waals surface area contributed by atoms with Crippen LogP contribution in [-0.2, 0) is 14.2 Å². The van der Waals surface area contributed by atoms with E-state index in [1.807, 2.05) is 7.11 Å². The molecule has 2 bridgehead atoms. The van der Waals surface area contributed by atoms with E-state index in [2.05, 4.69) is 48.1 Å². The van der Waals surface area contributed by atoms with Crippen LogP contribution in [0.2, 0.25) is 0 Å². The summed E-state index contributed by atoms with van der Waals surface area (Å²) in [4.78, 5) is 0. The smallest absolute Gasteiger partial charge is 0.200 e. The molecule has 5 saturated carbocycles. The fourth-order valence-corrected chi connectivity index (χ4v) is 12.9. The standard InChI is InChI=1S/C31H48O4/c1-17(2)23-19-15-18(3)24-27(6)13-14-30-16-29(30)12-11-22(32)26(4,5)20(29)9-10-21(30)28(27,7)25(33-8)31(24,34-19)35-23/h18-25,32H,1,9-16H2,2-8H3/t18-,19-,20-,21+,22+,23-,24-,25-,27-,28-,29-,30+,31+/m1/s1. The molecule has 4 nitrogen and oxygen atoms in total. The summed E-state index contributed by atoms with van der Waals surface area (Å²) < 4.78 is 20.7. The summed E-state index contributed by atoms with van der Waals surface area (Å²) in [5.41, 5.74) is 2.05. The second kappa shape index (κ2) is 6.58.